The maximum absolute atomic E-state index is 12.6. The number of carboxylic acid groups (broad SMARTS) is 1. The van der Waals surface area contributed by atoms with Crippen molar-refractivity contribution in [3.8, 4) is 11.3 Å². The number of amides is 1. The standard InChI is InChI=1S/C22H20N4O4S/c1-3-12(4-2)20-25-26-18(23)16(19(27)24-22(26)31-20)11-15-8-9-17(30-15)13-6-5-7-14(10-13)21(28)29/h5-12,23H,3-4H2,1-2H3,(H,28,29)/b16-11-,23-18?. The summed E-state index contributed by atoms with van der Waals surface area (Å²) in [7, 11) is 0. The number of thioether (sulfide) groups is 1. The highest BCUT2D eigenvalue weighted by atomic mass is 32.2. The predicted molar refractivity (Wildman–Crippen MR) is 120 cm³/mol. The van der Waals surface area contributed by atoms with Gasteiger partial charge in [0, 0.05) is 11.5 Å². The lowest BCUT2D eigenvalue weighted by atomic mass is 10.1. The number of rotatable bonds is 6. The van der Waals surface area contributed by atoms with Crippen LogP contribution in [0.4, 0.5) is 0 Å². The number of carbonyl (C=O) groups excluding carboxylic acids is 1. The fourth-order valence-corrected chi connectivity index (χ4v) is 4.50. The fourth-order valence-electron chi connectivity index (χ4n) is 3.34. The van der Waals surface area contributed by atoms with E-state index in [1.807, 2.05) is 0 Å². The molecule has 2 N–H and O–H groups in total. The molecule has 2 aliphatic rings. The number of carbonyl (C=O) groups is 2. The summed E-state index contributed by atoms with van der Waals surface area (Å²) in [5, 5.41) is 24.8. The van der Waals surface area contributed by atoms with Gasteiger partial charge in [0.05, 0.1) is 11.1 Å². The molecule has 0 saturated heterocycles. The molecule has 0 radical (unpaired) electrons. The van der Waals surface area contributed by atoms with Gasteiger partial charge in [-0.3, -0.25) is 10.2 Å². The third-order valence-electron chi connectivity index (χ3n) is 5.11. The highest BCUT2D eigenvalue weighted by molar-refractivity contribution is 8.27. The van der Waals surface area contributed by atoms with Gasteiger partial charge in [-0.15, -0.1) is 0 Å². The summed E-state index contributed by atoms with van der Waals surface area (Å²) in [6, 6.07) is 9.73. The number of nitrogens with one attached hydrogen (secondary N) is 1. The number of aromatic carboxylic acids is 1. The Labute approximate surface area is 182 Å². The molecule has 2 aliphatic heterocycles. The molecule has 158 valence electrons. The van der Waals surface area contributed by atoms with Gasteiger partial charge in [-0.05, 0) is 54.9 Å². The van der Waals surface area contributed by atoms with Crippen molar-refractivity contribution < 1.29 is 19.1 Å². The molecule has 1 aromatic carbocycles. The Hall–Kier alpha value is -3.46. The molecule has 9 heteroatoms. The van der Waals surface area contributed by atoms with Gasteiger partial charge in [0.1, 0.15) is 16.6 Å². The van der Waals surface area contributed by atoms with Gasteiger partial charge in [-0.1, -0.05) is 26.0 Å². The zero-order valence-corrected chi connectivity index (χ0v) is 17.8. The first-order valence-electron chi connectivity index (χ1n) is 9.85. The smallest absolute Gasteiger partial charge is 0.335 e. The van der Waals surface area contributed by atoms with Gasteiger partial charge in [0.25, 0.3) is 5.91 Å². The van der Waals surface area contributed by atoms with Crippen LogP contribution in [0.25, 0.3) is 17.4 Å². The minimum atomic E-state index is -1.03. The molecule has 0 aliphatic carbocycles. The Bertz CT molecular complexity index is 1170. The van der Waals surface area contributed by atoms with E-state index in [9.17, 15) is 9.59 Å². The summed E-state index contributed by atoms with van der Waals surface area (Å²) in [5.74, 6) is -0.506. The summed E-state index contributed by atoms with van der Waals surface area (Å²) in [6.45, 7) is 4.16. The number of amidine groups is 2. The summed E-state index contributed by atoms with van der Waals surface area (Å²) >= 11 is 1.34. The van der Waals surface area contributed by atoms with Crippen molar-refractivity contribution in [3.63, 3.8) is 0 Å². The normalized spacial score (nSPS) is 17.3. The van der Waals surface area contributed by atoms with E-state index in [-0.39, 0.29) is 22.9 Å². The number of benzene rings is 1. The van der Waals surface area contributed by atoms with E-state index < -0.39 is 11.9 Å². The van der Waals surface area contributed by atoms with Crippen LogP contribution in [-0.2, 0) is 4.79 Å². The third-order valence-corrected chi connectivity index (χ3v) is 6.18. The topological polar surface area (TPSA) is 119 Å². The van der Waals surface area contributed by atoms with Crippen molar-refractivity contribution in [2.24, 2.45) is 16.0 Å². The number of carboxylic acids is 1. The van der Waals surface area contributed by atoms with E-state index in [2.05, 4.69) is 23.9 Å². The SMILES string of the molecule is CCC(CC)C1=NN2C(=N)/C(=C/c3ccc(-c4cccc(C(=O)O)c4)o3)C(=O)N=C2S1. The van der Waals surface area contributed by atoms with Crippen LogP contribution in [0.15, 0.2) is 56.5 Å². The number of fused-ring (bicyclic) bond motifs is 1. The number of hydrogen-bond donors (Lipinski definition) is 2. The lowest BCUT2D eigenvalue weighted by Crippen LogP contribution is -2.35. The molecule has 3 heterocycles. The molecular formula is C22H20N4O4S. The maximum atomic E-state index is 12.6. The van der Waals surface area contributed by atoms with Crippen molar-refractivity contribution in [1.29, 1.82) is 5.41 Å². The first-order valence-corrected chi connectivity index (χ1v) is 10.7. The number of nitrogens with zero attached hydrogens (tertiary/aromatic N) is 3. The number of aliphatic imine (C=N–C) groups is 1. The number of furan rings is 1. The predicted octanol–water partition coefficient (Wildman–Crippen LogP) is 4.70. The zero-order valence-electron chi connectivity index (χ0n) is 17.0. The molecule has 31 heavy (non-hydrogen) atoms. The Kier molecular flexibility index (Phi) is 5.60. The molecule has 0 bridgehead atoms. The van der Waals surface area contributed by atoms with Crippen LogP contribution >= 0.6 is 11.8 Å². The minimum Gasteiger partial charge on any atom is -0.478 e. The first kappa shape index (κ1) is 20.8. The van der Waals surface area contributed by atoms with E-state index in [1.54, 1.807) is 24.3 Å². The van der Waals surface area contributed by atoms with Crippen LogP contribution < -0.4 is 0 Å². The molecule has 0 fully saturated rings. The molecule has 0 unspecified atom stereocenters. The van der Waals surface area contributed by atoms with Gasteiger partial charge >= 0.3 is 5.97 Å². The minimum absolute atomic E-state index is 0.0470. The summed E-state index contributed by atoms with van der Waals surface area (Å²) < 4.78 is 5.78. The first-order chi connectivity index (χ1) is 14.9. The molecule has 1 aromatic heterocycles. The lowest BCUT2D eigenvalue weighted by Gasteiger charge is -2.19. The monoisotopic (exact) mass is 436 g/mol. The number of hydrogen-bond acceptors (Lipinski definition) is 6. The van der Waals surface area contributed by atoms with E-state index in [1.165, 1.54) is 35.0 Å². The highest BCUT2D eigenvalue weighted by Crippen LogP contribution is 2.33. The summed E-state index contributed by atoms with van der Waals surface area (Å²) in [6.07, 6.45) is 3.31. The van der Waals surface area contributed by atoms with Gasteiger partial charge in [-0.2, -0.15) is 15.1 Å². The zero-order chi connectivity index (χ0) is 22.1. The highest BCUT2D eigenvalue weighted by Gasteiger charge is 2.37. The van der Waals surface area contributed by atoms with E-state index in [0.717, 1.165) is 17.9 Å². The van der Waals surface area contributed by atoms with Crippen LogP contribution in [-0.4, -0.2) is 38.0 Å². The Morgan fingerprint density at radius 3 is 2.77 bits per heavy atom. The van der Waals surface area contributed by atoms with Crippen LogP contribution in [0.1, 0.15) is 42.8 Å². The second kappa shape index (κ2) is 8.35. The second-order valence-corrected chi connectivity index (χ2v) is 8.05. The van der Waals surface area contributed by atoms with Gasteiger partial charge in [0.2, 0.25) is 5.17 Å². The van der Waals surface area contributed by atoms with Crippen molar-refractivity contribution in [2.45, 2.75) is 26.7 Å². The van der Waals surface area contributed by atoms with Crippen molar-refractivity contribution in [3.05, 3.63) is 53.3 Å². The van der Waals surface area contributed by atoms with Crippen LogP contribution in [0.2, 0.25) is 0 Å². The summed E-state index contributed by atoms with van der Waals surface area (Å²) in [5.41, 5.74) is 0.835. The Morgan fingerprint density at radius 2 is 2.06 bits per heavy atom. The van der Waals surface area contributed by atoms with Crippen LogP contribution in [0.3, 0.4) is 0 Å². The van der Waals surface area contributed by atoms with E-state index in [0.29, 0.717) is 22.3 Å². The quantitative estimate of drug-likeness (QED) is 0.634. The average molecular weight is 436 g/mol. The maximum Gasteiger partial charge on any atom is 0.335 e. The molecule has 0 spiro atoms. The molecule has 0 atom stereocenters. The van der Waals surface area contributed by atoms with Crippen molar-refractivity contribution in [1.82, 2.24) is 5.01 Å². The average Bonchev–Trinajstić information content (AvgIpc) is 3.39. The molecule has 2 aromatic rings. The lowest BCUT2D eigenvalue weighted by molar-refractivity contribution is -0.114. The Balaban J connectivity index is 1.62. The Morgan fingerprint density at radius 1 is 1.29 bits per heavy atom. The van der Waals surface area contributed by atoms with Crippen molar-refractivity contribution in [2.75, 3.05) is 0 Å². The van der Waals surface area contributed by atoms with Crippen molar-refractivity contribution >= 4 is 45.8 Å². The summed E-state index contributed by atoms with van der Waals surface area (Å²) in [4.78, 5) is 27.9. The van der Waals surface area contributed by atoms with Gasteiger partial charge < -0.3 is 9.52 Å². The van der Waals surface area contributed by atoms with Crippen LogP contribution in [0, 0.1) is 11.3 Å². The van der Waals surface area contributed by atoms with Gasteiger partial charge in [0.15, 0.2) is 5.84 Å². The fraction of sp³-hybridized carbons (Fsp3) is 0.227. The third kappa shape index (κ3) is 3.96. The van der Waals surface area contributed by atoms with Crippen LogP contribution in [0.5, 0.6) is 0 Å². The largest absolute Gasteiger partial charge is 0.478 e. The van der Waals surface area contributed by atoms with E-state index in [4.69, 9.17) is 14.9 Å². The molecule has 4 rings (SSSR count). The molecular weight excluding hydrogens is 416 g/mol. The van der Waals surface area contributed by atoms with Gasteiger partial charge in [-0.25, -0.2) is 4.79 Å². The number of hydrazone groups is 1. The molecule has 1 amide bonds. The molecule has 0 saturated carbocycles. The second-order valence-electron chi connectivity index (χ2n) is 7.06. The van der Waals surface area contributed by atoms with E-state index >= 15 is 0 Å². The molecule has 8 nitrogen and oxygen atoms in total.